The van der Waals surface area contributed by atoms with Gasteiger partial charge in [-0.2, -0.15) is 0 Å². The molecule has 2 N–H and O–H groups in total. The van der Waals surface area contributed by atoms with E-state index < -0.39 is 0 Å². The Bertz CT molecular complexity index is 644. The summed E-state index contributed by atoms with van der Waals surface area (Å²) in [4.78, 5) is 14.1. The van der Waals surface area contributed by atoms with Crippen LogP contribution in [0.1, 0.15) is 20.3 Å². The van der Waals surface area contributed by atoms with Gasteiger partial charge in [0, 0.05) is 0 Å². The van der Waals surface area contributed by atoms with Gasteiger partial charge >= 0.3 is 0 Å². The second-order valence-corrected chi connectivity index (χ2v) is 4.55. The molecule has 0 atom stereocenters. The van der Waals surface area contributed by atoms with E-state index in [0.717, 1.165) is 22.1 Å². The van der Waals surface area contributed by atoms with Crippen LogP contribution in [-0.2, 0) is 0 Å². The minimum atomic E-state index is 1.03. The van der Waals surface area contributed by atoms with Gasteiger partial charge in [-0.05, 0) is 24.3 Å². The zero-order chi connectivity index (χ0) is 14.9. The van der Waals surface area contributed by atoms with Crippen molar-refractivity contribution in [2.75, 3.05) is 0 Å². The van der Waals surface area contributed by atoms with E-state index in [4.69, 9.17) is 0 Å². The summed E-state index contributed by atoms with van der Waals surface area (Å²) in [5.74, 6) is 0. The van der Waals surface area contributed by atoms with E-state index in [1.54, 1.807) is 12.7 Å². The normalized spacial score (nSPS) is 9.62. The van der Waals surface area contributed by atoms with E-state index in [0.29, 0.717) is 0 Å². The molecule has 108 valence electrons. The van der Waals surface area contributed by atoms with Crippen molar-refractivity contribution in [3.63, 3.8) is 0 Å². The molecule has 2 aromatic carbocycles. The maximum Gasteiger partial charge on any atom is 0.0931 e. The lowest BCUT2D eigenvalue weighted by atomic mass is 10.3. The van der Waals surface area contributed by atoms with Crippen LogP contribution in [0, 0.1) is 0 Å². The zero-order valence-corrected chi connectivity index (χ0v) is 12.4. The van der Waals surface area contributed by atoms with Gasteiger partial charge in [-0.1, -0.05) is 44.5 Å². The number of benzene rings is 2. The van der Waals surface area contributed by atoms with Gasteiger partial charge in [-0.15, -0.1) is 0 Å². The molecule has 0 bridgehead atoms. The molecule has 0 fully saturated rings. The Balaban J connectivity index is 0.000000130. The fourth-order valence-corrected chi connectivity index (χ4v) is 1.76. The lowest BCUT2D eigenvalue weighted by molar-refractivity contribution is 1.09. The van der Waals surface area contributed by atoms with Gasteiger partial charge in [-0.25, -0.2) is 9.97 Å². The maximum atomic E-state index is 4.06. The maximum absolute atomic E-state index is 4.06. The van der Waals surface area contributed by atoms with Crippen molar-refractivity contribution in [3.05, 3.63) is 61.2 Å². The number of rotatable bonds is 0. The van der Waals surface area contributed by atoms with Crippen LogP contribution in [0.5, 0.6) is 0 Å². The highest BCUT2D eigenvalue weighted by molar-refractivity contribution is 5.74. The number of aromatic nitrogens is 4. The van der Waals surface area contributed by atoms with Crippen molar-refractivity contribution in [2.24, 2.45) is 0 Å². The molecule has 4 heteroatoms. The molecule has 0 radical (unpaired) electrons. The Hall–Kier alpha value is -2.62. The molecular weight excluding hydrogens is 260 g/mol. The molecule has 0 unspecified atom stereocenters. The van der Waals surface area contributed by atoms with E-state index in [1.807, 2.05) is 48.5 Å². The van der Waals surface area contributed by atoms with E-state index in [9.17, 15) is 0 Å². The van der Waals surface area contributed by atoms with Crippen molar-refractivity contribution < 1.29 is 0 Å². The first kappa shape index (κ1) is 14.8. The first-order chi connectivity index (χ1) is 10.3. The molecule has 2 aromatic heterocycles. The lowest BCUT2D eigenvalue weighted by Gasteiger charge is -1.81. The Morgan fingerprint density at radius 3 is 1.48 bits per heavy atom. The fraction of sp³-hybridized carbons (Fsp3) is 0.176. The summed E-state index contributed by atoms with van der Waals surface area (Å²) < 4.78 is 0. The summed E-state index contributed by atoms with van der Waals surface area (Å²) in [6.45, 7) is 4.25. The van der Waals surface area contributed by atoms with Crippen LogP contribution in [0.4, 0.5) is 0 Å². The summed E-state index contributed by atoms with van der Waals surface area (Å²) in [5.41, 5.74) is 4.24. The van der Waals surface area contributed by atoms with Crippen molar-refractivity contribution in [2.45, 2.75) is 20.3 Å². The zero-order valence-electron chi connectivity index (χ0n) is 12.4. The van der Waals surface area contributed by atoms with Gasteiger partial charge in [-0.3, -0.25) is 0 Å². The van der Waals surface area contributed by atoms with Crippen LogP contribution in [0.25, 0.3) is 22.1 Å². The van der Waals surface area contributed by atoms with Gasteiger partial charge in [0.05, 0.1) is 34.7 Å². The third-order valence-corrected chi connectivity index (χ3v) is 2.66. The summed E-state index contributed by atoms with van der Waals surface area (Å²) in [6.07, 6.45) is 4.65. The minimum Gasteiger partial charge on any atom is -0.345 e. The number of H-pyrrole nitrogens is 2. The monoisotopic (exact) mass is 280 g/mol. The average molecular weight is 280 g/mol. The van der Waals surface area contributed by atoms with Crippen LogP contribution in [0.2, 0.25) is 0 Å². The third kappa shape index (κ3) is 4.18. The molecule has 0 saturated heterocycles. The van der Waals surface area contributed by atoms with E-state index in [2.05, 4.69) is 33.8 Å². The molecule has 0 aliphatic heterocycles. The van der Waals surface area contributed by atoms with Gasteiger partial charge < -0.3 is 9.97 Å². The largest absolute Gasteiger partial charge is 0.345 e. The highest BCUT2D eigenvalue weighted by Crippen LogP contribution is 2.06. The summed E-state index contributed by atoms with van der Waals surface area (Å²) in [6, 6.07) is 15.9. The number of imidazole rings is 2. The second-order valence-electron chi connectivity index (χ2n) is 4.55. The predicted molar refractivity (Wildman–Crippen MR) is 88.2 cm³/mol. The number of nitrogens with zero attached hydrogens (tertiary/aromatic N) is 2. The Morgan fingerprint density at radius 2 is 1.10 bits per heavy atom. The highest BCUT2D eigenvalue weighted by Gasteiger charge is 1.89. The molecule has 2 heterocycles. The number of hydrogen-bond donors (Lipinski definition) is 2. The number of nitrogens with one attached hydrogen (secondary N) is 2. The van der Waals surface area contributed by atoms with E-state index in [1.165, 1.54) is 6.42 Å². The van der Waals surface area contributed by atoms with Crippen LogP contribution in [0.3, 0.4) is 0 Å². The van der Waals surface area contributed by atoms with Crippen LogP contribution < -0.4 is 0 Å². The van der Waals surface area contributed by atoms with Gasteiger partial charge in [0.25, 0.3) is 0 Å². The fourth-order valence-electron chi connectivity index (χ4n) is 1.76. The molecule has 0 saturated carbocycles. The topological polar surface area (TPSA) is 57.4 Å². The van der Waals surface area contributed by atoms with Gasteiger partial charge in [0.2, 0.25) is 0 Å². The van der Waals surface area contributed by atoms with Crippen molar-refractivity contribution in [3.8, 4) is 0 Å². The van der Waals surface area contributed by atoms with E-state index >= 15 is 0 Å². The Labute approximate surface area is 124 Å². The standard InChI is InChI=1S/2C7H6N2.C3H8/c2*1-2-4-7-6(3-1)8-5-9-7;1-3-2/h2*1-5H,(H,8,9);3H2,1-2H3. The van der Waals surface area contributed by atoms with Gasteiger partial charge in [0.15, 0.2) is 0 Å². The van der Waals surface area contributed by atoms with Crippen LogP contribution in [0.15, 0.2) is 61.2 Å². The highest BCUT2D eigenvalue weighted by atomic mass is 14.9. The first-order valence-electron chi connectivity index (χ1n) is 7.11. The summed E-state index contributed by atoms with van der Waals surface area (Å²) >= 11 is 0. The number of para-hydroxylation sites is 4. The van der Waals surface area contributed by atoms with Crippen molar-refractivity contribution in [1.29, 1.82) is 0 Å². The SMILES string of the molecule is CCC.c1ccc2[nH]cnc2c1.c1ccc2[nH]cnc2c1. The second kappa shape index (κ2) is 7.85. The molecule has 21 heavy (non-hydrogen) atoms. The number of aromatic amines is 2. The molecule has 4 aromatic rings. The van der Waals surface area contributed by atoms with Crippen molar-refractivity contribution in [1.82, 2.24) is 19.9 Å². The number of hydrogen-bond acceptors (Lipinski definition) is 2. The third-order valence-electron chi connectivity index (χ3n) is 2.66. The molecular formula is C17H20N4. The molecule has 0 aliphatic carbocycles. The van der Waals surface area contributed by atoms with Gasteiger partial charge in [0.1, 0.15) is 0 Å². The molecule has 0 spiro atoms. The molecule has 4 rings (SSSR count). The molecule has 4 nitrogen and oxygen atoms in total. The lowest BCUT2D eigenvalue weighted by Crippen LogP contribution is -1.63. The Morgan fingerprint density at radius 1 is 0.714 bits per heavy atom. The van der Waals surface area contributed by atoms with Crippen LogP contribution >= 0.6 is 0 Å². The summed E-state index contributed by atoms with van der Waals surface area (Å²) in [7, 11) is 0. The smallest absolute Gasteiger partial charge is 0.0931 e. The predicted octanol–water partition coefficient (Wildman–Crippen LogP) is 4.54. The minimum absolute atomic E-state index is 1.03. The summed E-state index contributed by atoms with van der Waals surface area (Å²) in [5, 5.41) is 0. The average Bonchev–Trinajstić information content (AvgIpc) is 3.17. The van der Waals surface area contributed by atoms with Crippen molar-refractivity contribution >= 4 is 22.1 Å². The quantitative estimate of drug-likeness (QED) is 0.496. The number of fused-ring (bicyclic) bond motifs is 2. The Kier molecular flexibility index (Phi) is 5.52. The first-order valence-corrected chi connectivity index (χ1v) is 7.11. The van der Waals surface area contributed by atoms with Crippen LogP contribution in [-0.4, -0.2) is 19.9 Å². The molecule has 0 amide bonds. The van der Waals surface area contributed by atoms with E-state index in [-0.39, 0.29) is 0 Å². The molecule has 0 aliphatic rings.